The van der Waals surface area contributed by atoms with Crippen LogP contribution in [0, 0.1) is 6.92 Å². The van der Waals surface area contributed by atoms with Gasteiger partial charge < -0.3 is 8.83 Å². The summed E-state index contributed by atoms with van der Waals surface area (Å²) >= 11 is 0. The van der Waals surface area contributed by atoms with Crippen molar-refractivity contribution in [1.29, 1.82) is 0 Å². The van der Waals surface area contributed by atoms with Crippen LogP contribution in [-0.2, 0) is 20.9 Å². The second-order valence-electron chi connectivity index (χ2n) is 2.40. The molecule has 1 aromatic rings. The lowest BCUT2D eigenvalue weighted by atomic mass is 10.4. The molecule has 0 bridgehead atoms. The standard InChI is InChI=1S/C6H8O6S/c1-4-5(12-6(7)11-4)3-10-13(2,8)9/h3H2,1-2H3. The van der Waals surface area contributed by atoms with E-state index in [9.17, 15) is 13.2 Å². The fourth-order valence-electron chi connectivity index (χ4n) is 0.667. The van der Waals surface area contributed by atoms with Crippen molar-refractivity contribution in [2.75, 3.05) is 6.26 Å². The highest BCUT2D eigenvalue weighted by molar-refractivity contribution is 7.85. The van der Waals surface area contributed by atoms with E-state index >= 15 is 0 Å². The first-order chi connectivity index (χ1) is 5.88. The zero-order chi connectivity index (χ0) is 10.1. The van der Waals surface area contributed by atoms with Crippen molar-refractivity contribution in [3.05, 3.63) is 22.1 Å². The molecule has 0 fully saturated rings. The lowest BCUT2D eigenvalue weighted by Crippen LogP contribution is -2.02. The SMILES string of the molecule is Cc1oc(=O)oc1COS(C)(=O)=O. The Kier molecular flexibility index (Phi) is 2.58. The molecule has 0 atom stereocenters. The van der Waals surface area contributed by atoms with E-state index in [1.165, 1.54) is 6.92 Å². The molecule has 1 heterocycles. The van der Waals surface area contributed by atoms with Gasteiger partial charge in [0.1, 0.15) is 12.4 Å². The molecule has 6 nitrogen and oxygen atoms in total. The van der Waals surface area contributed by atoms with Crippen LogP contribution in [0.5, 0.6) is 0 Å². The monoisotopic (exact) mass is 208 g/mol. The van der Waals surface area contributed by atoms with Gasteiger partial charge >= 0.3 is 5.82 Å². The molecule has 0 amide bonds. The maximum atomic E-state index is 10.6. The molecule has 7 heteroatoms. The van der Waals surface area contributed by atoms with Gasteiger partial charge in [0, 0.05) is 0 Å². The molecule has 0 saturated heterocycles. The summed E-state index contributed by atoms with van der Waals surface area (Å²) in [5.74, 6) is -0.575. The first-order valence-corrected chi connectivity index (χ1v) is 5.14. The summed E-state index contributed by atoms with van der Waals surface area (Å²) in [4.78, 5) is 10.5. The van der Waals surface area contributed by atoms with Crippen molar-refractivity contribution in [3.8, 4) is 0 Å². The molecule has 0 unspecified atom stereocenters. The van der Waals surface area contributed by atoms with Crippen molar-refractivity contribution >= 4 is 10.1 Å². The Bertz CT molecular complexity index is 436. The van der Waals surface area contributed by atoms with Gasteiger partial charge in [-0.15, -0.1) is 0 Å². The van der Waals surface area contributed by atoms with Gasteiger partial charge in [-0.25, -0.2) is 4.79 Å². The van der Waals surface area contributed by atoms with Crippen LogP contribution in [0.2, 0.25) is 0 Å². The zero-order valence-electron chi connectivity index (χ0n) is 7.06. The predicted molar refractivity (Wildman–Crippen MR) is 41.6 cm³/mol. The van der Waals surface area contributed by atoms with Crippen LogP contribution in [0.4, 0.5) is 0 Å². The Morgan fingerprint density at radius 3 is 2.38 bits per heavy atom. The van der Waals surface area contributed by atoms with Gasteiger partial charge in [-0.3, -0.25) is 4.18 Å². The summed E-state index contributed by atoms with van der Waals surface area (Å²) in [7, 11) is -3.53. The maximum absolute atomic E-state index is 10.6. The van der Waals surface area contributed by atoms with E-state index in [4.69, 9.17) is 0 Å². The predicted octanol–water partition coefficient (Wildman–Crippen LogP) is 0.0174. The topological polar surface area (TPSA) is 86.7 Å². The highest BCUT2D eigenvalue weighted by atomic mass is 32.2. The molecule has 74 valence electrons. The first kappa shape index (κ1) is 10.0. The second-order valence-corrected chi connectivity index (χ2v) is 4.04. The van der Waals surface area contributed by atoms with Gasteiger partial charge in [-0.05, 0) is 6.92 Å². The fourth-order valence-corrected chi connectivity index (χ4v) is 0.988. The van der Waals surface area contributed by atoms with Crippen LogP contribution >= 0.6 is 0 Å². The summed E-state index contributed by atoms with van der Waals surface area (Å²) in [5.41, 5.74) is 0. The summed E-state index contributed by atoms with van der Waals surface area (Å²) in [6.45, 7) is 1.16. The van der Waals surface area contributed by atoms with Gasteiger partial charge in [0.05, 0.1) is 6.26 Å². The van der Waals surface area contributed by atoms with Crippen LogP contribution in [0.25, 0.3) is 0 Å². The van der Waals surface area contributed by atoms with E-state index < -0.39 is 15.9 Å². The Morgan fingerprint density at radius 2 is 2.00 bits per heavy atom. The molecule has 0 aliphatic heterocycles. The van der Waals surface area contributed by atoms with Gasteiger partial charge in [-0.2, -0.15) is 8.42 Å². The smallest absolute Gasteiger partial charge is 0.396 e. The molecular formula is C6H8O6S. The van der Waals surface area contributed by atoms with Crippen LogP contribution in [-0.4, -0.2) is 14.7 Å². The Hall–Kier alpha value is -1.08. The number of hydrogen-bond acceptors (Lipinski definition) is 6. The molecule has 0 N–H and O–H groups in total. The largest absolute Gasteiger partial charge is 0.519 e. The van der Waals surface area contributed by atoms with Crippen molar-refractivity contribution in [2.24, 2.45) is 0 Å². The van der Waals surface area contributed by atoms with E-state index in [0.29, 0.717) is 0 Å². The van der Waals surface area contributed by atoms with Crippen LogP contribution in [0.15, 0.2) is 13.6 Å². The minimum atomic E-state index is -3.53. The highest BCUT2D eigenvalue weighted by Gasteiger charge is 2.11. The third-order valence-electron chi connectivity index (χ3n) is 1.24. The molecule has 0 saturated carbocycles. The van der Waals surface area contributed by atoms with E-state index in [2.05, 4.69) is 13.0 Å². The maximum Gasteiger partial charge on any atom is 0.519 e. The Labute approximate surface area is 74.2 Å². The summed E-state index contributed by atoms with van der Waals surface area (Å²) < 4.78 is 34.5. The quantitative estimate of drug-likeness (QED) is 0.650. The lowest BCUT2D eigenvalue weighted by Gasteiger charge is -1.96. The third kappa shape index (κ3) is 3.03. The van der Waals surface area contributed by atoms with E-state index in [1.807, 2.05) is 0 Å². The van der Waals surface area contributed by atoms with Crippen LogP contribution in [0.3, 0.4) is 0 Å². The van der Waals surface area contributed by atoms with Gasteiger partial charge in [0.25, 0.3) is 10.1 Å². The van der Waals surface area contributed by atoms with Gasteiger partial charge in [0.2, 0.25) is 0 Å². The molecule has 1 aromatic heterocycles. The summed E-state index contributed by atoms with van der Waals surface area (Å²) in [5, 5.41) is 0. The van der Waals surface area contributed by atoms with Crippen LogP contribution in [0.1, 0.15) is 11.5 Å². The van der Waals surface area contributed by atoms with Gasteiger partial charge in [0.15, 0.2) is 5.76 Å². The molecule has 0 spiro atoms. The highest BCUT2D eigenvalue weighted by Crippen LogP contribution is 2.07. The average Bonchev–Trinajstić information content (AvgIpc) is 2.24. The molecule has 0 aliphatic carbocycles. The minimum absolute atomic E-state index is 0.0791. The number of aryl methyl sites for hydroxylation is 1. The molecule has 0 radical (unpaired) electrons. The number of hydrogen-bond donors (Lipinski definition) is 0. The fraction of sp³-hybridized carbons (Fsp3) is 0.500. The van der Waals surface area contributed by atoms with Crippen molar-refractivity contribution in [2.45, 2.75) is 13.5 Å². The molecule has 1 rings (SSSR count). The molecule has 0 aromatic carbocycles. The van der Waals surface area contributed by atoms with Gasteiger partial charge in [-0.1, -0.05) is 0 Å². The summed E-state index contributed by atoms with van der Waals surface area (Å²) in [6, 6.07) is 0. The zero-order valence-corrected chi connectivity index (χ0v) is 7.88. The molecule has 0 aliphatic rings. The normalized spacial score (nSPS) is 11.8. The van der Waals surface area contributed by atoms with E-state index in [-0.39, 0.29) is 18.1 Å². The van der Waals surface area contributed by atoms with Crippen molar-refractivity contribution < 1.29 is 21.4 Å². The van der Waals surface area contributed by atoms with Crippen LogP contribution < -0.4 is 5.82 Å². The Morgan fingerprint density at radius 1 is 1.38 bits per heavy atom. The molecular weight excluding hydrogens is 200 g/mol. The third-order valence-corrected chi connectivity index (χ3v) is 1.79. The van der Waals surface area contributed by atoms with E-state index in [0.717, 1.165) is 6.26 Å². The second kappa shape index (κ2) is 3.35. The Balaban J connectivity index is 2.76. The first-order valence-electron chi connectivity index (χ1n) is 3.32. The average molecular weight is 208 g/mol. The number of rotatable bonds is 3. The van der Waals surface area contributed by atoms with E-state index in [1.54, 1.807) is 0 Å². The minimum Gasteiger partial charge on any atom is -0.396 e. The molecule has 13 heavy (non-hydrogen) atoms. The van der Waals surface area contributed by atoms with Crippen molar-refractivity contribution in [1.82, 2.24) is 0 Å². The van der Waals surface area contributed by atoms with Crippen molar-refractivity contribution in [3.63, 3.8) is 0 Å². The summed E-state index contributed by atoms with van der Waals surface area (Å²) in [6.07, 6.45) is 0.903. The lowest BCUT2D eigenvalue weighted by molar-refractivity contribution is 0.268.